The van der Waals surface area contributed by atoms with E-state index in [4.69, 9.17) is 4.74 Å². The normalized spacial score (nSPS) is 11.6. The Balaban J connectivity index is 1.54. The predicted molar refractivity (Wildman–Crippen MR) is 108 cm³/mol. The van der Waals surface area contributed by atoms with Crippen molar-refractivity contribution in [2.24, 2.45) is 0 Å². The fourth-order valence-corrected chi connectivity index (χ4v) is 2.73. The van der Waals surface area contributed by atoms with Crippen LogP contribution in [0.3, 0.4) is 0 Å². The van der Waals surface area contributed by atoms with Crippen molar-refractivity contribution in [1.82, 2.24) is 15.1 Å². The first-order valence-electron chi connectivity index (χ1n) is 9.38. The van der Waals surface area contributed by atoms with E-state index in [2.05, 4.69) is 15.7 Å². The number of carbonyl (C=O) groups excluding carboxylic acids is 2. The van der Waals surface area contributed by atoms with Gasteiger partial charge in [-0.1, -0.05) is 6.07 Å². The van der Waals surface area contributed by atoms with E-state index in [9.17, 15) is 23.5 Å². The first-order valence-corrected chi connectivity index (χ1v) is 9.38. The second-order valence-corrected chi connectivity index (χ2v) is 6.43. The highest BCUT2D eigenvalue weighted by Crippen LogP contribution is 2.18. The summed E-state index contributed by atoms with van der Waals surface area (Å²) in [4.78, 5) is 23.7. The van der Waals surface area contributed by atoms with Crippen molar-refractivity contribution < 1.29 is 28.2 Å². The maximum Gasteiger partial charge on any atom is 0.358 e. The van der Waals surface area contributed by atoms with E-state index in [1.54, 1.807) is 37.4 Å². The average Bonchev–Trinajstić information content (AvgIpc) is 3.23. The number of benzene rings is 2. The van der Waals surface area contributed by atoms with Gasteiger partial charge in [0, 0.05) is 30.1 Å². The fraction of sp³-hybridized carbons (Fsp3) is 0.190. The number of urea groups is 1. The molecule has 0 spiro atoms. The van der Waals surface area contributed by atoms with Gasteiger partial charge in [-0.25, -0.2) is 23.1 Å². The molecule has 162 valence electrons. The SMILES string of the molecule is CCOC(=O)c1ccn(-c2ccc(NC(=O)NCC(O)c3ccc(F)cc3F)cc2)n1. The molecular weight excluding hydrogens is 410 g/mol. The zero-order valence-electron chi connectivity index (χ0n) is 16.5. The van der Waals surface area contributed by atoms with E-state index >= 15 is 0 Å². The van der Waals surface area contributed by atoms with Crippen LogP contribution in [-0.2, 0) is 4.74 Å². The summed E-state index contributed by atoms with van der Waals surface area (Å²) in [6, 6.07) is 10.3. The highest BCUT2D eigenvalue weighted by molar-refractivity contribution is 5.89. The molecule has 0 aliphatic heterocycles. The summed E-state index contributed by atoms with van der Waals surface area (Å²) in [5, 5.41) is 19.1. The molecular formula is C21H20F2N4O4. The lowest BCUT2D eigenvalue weighted by Gasteiger charge is -2.14. The Morgan fingerprint density at radius 2 is 1.90 bits per heavy atom. The van der Waals surface area contributed by atoms with Crippen LogP contribution in [0.2, 0.25) is 0 Å². The Labute approximate surface area is 176 Å². The predicted octanol–water partition coefficient (Wildman–Crippen LogP) is 3.18. The number of amides is 2. The second kappa shape index (κ2) is 9.81. The minimum atomic E-state index is -1.33. The van der Waals surface area contributed by atoms with Gasteiger partial charge in [-0.2, -0.15) is 5.10 Å². The number of rotatable bonds is 7. The molecule has 0 saturated heterocycles. The van der Waals surface area contributed by atoms with Gasteiger partial charge in [0.25, 0.3) is 0 Å². The highest BCUT2D eigenvalue weighted by Gasteiger charge is 2.15. The molecule has 3 N–H and O–H groups in total. The summed E-state index contributed by atoms with van der Waals surface area (Å²) < 4.78 is 33.0. The van der Waals surface area contributed by atoms with Gasteiger partial charge in [0.05, 0.1) is 18.4 Å². The molecule has 0 saturated carbocycles. The summed E-state index contributed by atoms with van der Waals surface area (Å²) >= 11 is 0. The Morgan fingerprint density at radius 1 is 1.16 bits per heavy atom. The molecule has 3 rings (SSSR count). The molecule has 1 atom stereocenters. The van der Waals surface area contributed by atoms with Gasteiger partial charge in [0.15, 0.2) is 5.69 Å². The van der Waals surface area contributed by atoms with Crippen molar-refractivity contribution in [3.05, 3.63) is 77.6 Å². The summed E-state index contributed by atoms with van der Waals surface area (Å²) in [6.07, 6.45) is 0.277. The molecule has 0 aliphatic rings. The van der Waals surface area contributed by atoms with E-state index in [1.807, 2.05) is 0 Å². The van der Waals surface area contributed by atoms with Crippen LogP contribution in [0.15, 0.2) is 54.7 Å². The Bertz CT molecular complexity index is 1070. The number of hydrogen-bond acceptors (Lipinski definition) is 5. The number of aliphatic hydroxyl groups is 1. The molecule has 0 aliphatic carbocycles. The van der Waals surface area contributed by atoms with Crippen LogP contribution in [0, 0.1) is 11.6 Å². The van der Waals surface area contributed by atoms with E-state index in [0.29, 0.717) is 17.4 Å². The fourth-order valence-electron chi connectivity index (χ4n) is 2.73. The van der Waals surface area contributed by atoms with Crippen LogP contribution in [0.4, 0.5) is 19.3 Å². The molecule has 31 heavy (non-hydrogen) atoms. The highest BCUT2D eigenvalue weighted by atomic mass is 19.1. The number of halogens is 2. The maximum atomic E-state index is 13.7. The third-order valence-corrected chi connectivity index (χ3v) is 4.24. The summed E-state index contributed by atoms with van der Waals surface area (Å²) in [7, 11) is 0. The van der Waals surface area contributed by atoms with Crippen LogP contribution in [0.1, 0.15) is 29.1 Å². The van der Waals surface area contributed by atoms with Crippen molar-refractivity contribution in [1.29, 1.82) is 0 Å². The quantitative estimate of drug-likeness (QED) is 0.500. The summed E-state index contributed by atoms with van der Waals surface area (Å²) in [5.74, 6) is -2.16. The maximum absolute atomic E-state index is 13.7. The number of ether oxygens (including phenoxy) is 1. The van der Waals surface area contributed by atoms with Gasteiger partial charge >= 0.3 is 12.0 Å². The molecule has 1 heterocycles. The minimum absolute atomic E-state index is 0.118. The molecule has 10 heteroatoms. The van der Waals surface area contributed by atoms with Crippen LogP contribution < -0.4 is 10.6 Å². The van der Waals surface area contributed by atoms with Gasteiger partial charge in [-0.3, -0.25) is 0 Å². The van der Waals surface area contributed by atoms with Crippen molar-refractivity contribution in [3.8, 4) is 5.69 Å². The molecule has 0 radical (unpaired) electrons. The first-order chi connectivity index (χ1) is 14.9. The van der Waals surface area contributed by atoms with Crippen molar-refractivity contribution >= 4 is 17.7 Å². The number of hydrogen-bond donors (Lipinski definition) is 3. The third kappa shape index (κ3) is 5.64. The number of aliphatic hydroxyl groups excluding tert-OH is 1. The number of nitrogens with one attached hydrogen (secondary N) is 2. The topological polar surface area (TPSA) is 105 Å². The van der Waals surface area contributed by atoms with E-state index < -0.39 is 29.7 Å². The van der Waals surface area contributed by atoms with Crippen LogP contribution in [0.25, 0.3) is 5.69 Å². The molecule has 0 bridgehead atoms. The number of esters is 1. The van der Waals surface area contributed by atoms with Crippen molar-refractivity contribution in [2.45, 2.75) is 13.0 Å². The molecule has 2 amide bonds. The van der Waals surface area contributed by atoms with E-state index in [0.717, 1.165) is 12.1 Å². The number of nitrogens with zero attached hydrogens (tertiary/aromatic N) is 2. The van der Waals surface area contributed by atoms with Crippen LogP contribution in [0.5, 0.6) is 0 Å². The molecule has 8 nitrogen and oxygen atoms in total. The van der Waals surface area contributed by atoms with E-state index in [1.165, 1.54) is 10.7 Å². The zero-order valence-corrected chi connectivity index (χ0v) is 16.5. The van der Waals surface area contributed by atoms with Gasteiger partial charge in [0.2, 0.25) is 0 Å². The number of aromatic nitrogens is 2. The zero-order chi connectivity index (χ0) is 22.4. The molecule has 0 fully saturated rings. The third-order valence-electron chi connectivity index (χ3n) is 4.24. The Kier molecular flexibility index (Phi) is 6.93. The van der Waals surface area contributed by atoms with Gasteiger partial charge < -0.3 is 20.5 Å². The Morgan fingerprint density at radius 3 is 2.58 bits per heavy atom. The lowest BCUT2D eigenvalue weighted by atomic mass is 10.1. The van der Waals surface area contributed by atoms with Crippen LogP contribution >= 0.6 is 0 Å². The molecule has 1 aromatic heterocycles. The standard InChI is InChI=1S/C21H20F2N4O4/c1-2-31-20(29)18-9-10-27(26-18)15-6-4-14(5-7-15)25-21(30)24-12-19(28)16-8-3-13(22)11-17(16)23/h3-11,19,28H,2,12H2,1H3,(H2,24,25,30). The lowest BCUT2D eigenvalue weighted by Crippen LogP contribution is -2.32. The molecule has 3 aromatic rings. The smallest absolute Gasteiger partial charge is 0.358 e. The minimum Gasteiger partial charge on any atom is -0.461 e. The summed E-state index contributed by atoms with van der Waals surface area (Å²) in [6.45, 7) is 1.69. The van der Waals surface area contributed by atoms with Crippen molar-refractivity contribution in [3.63, 3.8) is 0 Å². The van der Waals surface area contributed by atoms with Gasteiger partial charge in [-0.15, -0.1) is 0 Å². The lowest BCUT2D eigenvalue weighted by molar-refractivity contribution is 0.0519. The first kappa shape index (κ1) is 21.9. The van der Waals surface area contributed by atoms with Crippen LogP contribution in [-0.4, -0.2) is 40.0 Å². The van der Waals surface area contributed by atoms with E-state index in [-0.39, 0.29) is 24.4 Å². The largest absolute Gasteiger partial charge is 0.461 e. The molecule has 1 unspecified atom stereocenters. The average molecular weight is 430 g/mol. The van der Waals surface area contributed by atoms with Gasteiger partial charge in [0.1, 0.15) is 11.6 Å². The second-order valence-electron chi connectivity index (χ2n) is 6.43. The Hall–Kier alpha value is -3.79. The summed E-state index contributed by atoms with van der Waals surface area (Å²) in [5.41, 5.74) is 1.18. The monoisotopic (exact) mass is 430 g/mol. The molecule has 2 aromatic carbocycles. The van der Waals surface area contributed by atoms with Gasteiger partial charge in [-0.05, 0) is 43.3 Å². The number of carbonyl (C=O) groups is 2. The number of anilines is 1. The van der Waals surface area contributed by atoms with Crippen molar-refractivity contribution in [2.75, 3.05) is 18.5 Å².